The zero-order valence-corrected chi connectivity index (χ0v) is 24.0. The Bertz CT molecular complexity index is 1110. The summed E-state index contributed by atoms with van der Waals surface area (Å²) in [5.41, 5.74) is 1.69. The highest BCUT2D eigenvalue weighted by Crippen LogP contribution is 2.42. The molecule has 0 aromatic heterocycles. The first-order valence-corrected chi connectivity index (χ1v) is 13.1. The van der Waals surface area contributed by atoms with Gasteiger partial charge in [0.1, 0.15) is 23.6 Å². The van der Waals surface area contributed by atoms with Gasteiger partial charge in [-0.05, 0) is 96.0 Å². The predicted molar refractivity (Wildman–Crippen MR) is 148 cm³/mol. The fraction of sp³-hybridized carbons (Fsp3) is 0.484. The Balaban J connectivity index is 0.00000247. The number of aryl methyl sites for hydroxylation is 1. The molecule has 1 aliphatic rings. The highest BCUT2D eigenvalue weighted by molar-refractivity contribution is 5.71. The van der Waals surface area contributed by atoms with Gasteiger partial charge >= 0.3 is 12.3 Å². The van der Waals surface area contributed by atoms with Crippen molar-refractivity contribution in [3.8, 4) is 17.2 Å². The molecule has 1 unspecified atom stereocenters. The van der Waals surface area contributed by atoms with Crippen LogP contribution in [0.25, 0.3) is 0 Å². The van der Waals surface area contributed by atoms with Crippen molar-refractivity contribution >= 4 is 12.3 Å². The Morgan fingerprint density at radius 2 is 1.55 bits per heavy atom. The monoisotopic (exact) mass is 526 g/mol. The summed E-state index contributed by atoms with van der Waals surface area (Å²) in [6.45, 7) is 18.6. The van der Waals surface area contributed by atoms with Crippen LogP contribution in [0.1, 0.15) is 84.4 Å². The summed E-state index contributed by atoms with van der Waals surface area (Å²) >= 11 is 0. The van der Waals surface area contributed by atoms with Gasteiger partial charge in [-0.1, -0.05) is 44.7 Å². The van der Waals surface area contributed by atoms with Gasteiger partial charge in [0.2, 0.25) is 0 Å². The van der Waals surface area contributed by atoms with Gasteiger partial charge in [0.05, 0.1) is 0 Å². The van der Waals surface area contributed by atoms with Crippen LogP contribution in [0, 0.1) is 0 Å². The van der Waals surface area contributed by atoms with E-state index in [0.29, 0.717) is 13.0 Å². The van der Waals surface area contributed by atoms with Gasteiger partial charge in [0.25, 0.3) is 0 Å². The third kappa shape index (κ3) is 9.43. The van der Waals surface area contributed by atoms with Crippen LogP contribution in [0.2, 0.25) is 0 Å². The average Bonchev–Trinajstić information content (AvgIpc) is 2.82. The summed E-state index contributed by atoms with van der Waals surface area (Å²) in [5, 5.41) is 0. The molecule has 1 atom stereocenters. The van der Waals surface area contributed by atoms with E-state index in [2.05, 4.69) is 12.6 Å². The summed E-state index contributed by atoms with van der Waals surface area (Å²) in [6.07, 6.45) is 2.34. The molecular formula is C31H42O7. The second-order valence-electron chi connectivity index (χ2n) is 10.8. The van der Waals surface area contributed by atoms with Gasteiger partial charge in [0.15, 0.2) is 11.5 Å². The maximum absolute atomic E-state index is 12.6. The lowest BCUT2D eigenvalue weighted by Gasteiger charge is -2.28. The molecule has 0 bridgehead atoms. The molecular weight excluding hydrogens is 484 g/mol. The summed E-state index contributed by atoms with van der Waals surface area (Å²) in [7, 11) is 0. The summed E-state index contributed by atoms with van der Waals surface area (Å²) in [5.74, 6) is 1.06. The maximum Gasteiger partial charge on any atom is 0.514 e. The van der Waals surface area contributed by atoms with Crippen LogP contribution in [-0.2, 0) is 22.3 Å². The van der Waals surface area contributed by atoms with Crippen LogP contribution >= 0.6 is 0 Å². The lowest BCUT2D eigenvalue weighted by Crippen LogP contribution is -2.28. The molecule has 1 aliphatic carbocycles. The Kier molecular flexibility index (Phi) is 10.8. The molecule has 208 valence electrons. The average molecular weight is 527 g/mol. The highest BCUT2D eigenvalue weighted by atomic mass is 16.8. The molecule has 2 aromatic carbocycles. The topological polar surface area (TPSA) is 80.3 Å². The molecule has 0 saturated heterocycles. The van der Waals surface area contributed by atoms with Crippen LogP contribution in [-0.4, -0.2) is 30.1 Å². The van der Waals surface area contributed by atoms with E-state index in [-0.39, 0.29) is 17.4 Å². The summed E-state index contributed by atoms with van der Waals surface area (Å²) in [4.78, 5) is 25.1. The summed E-state index contributed by atoms with van der Waals surface area (Å²) < 4.78 is 27.6. The van der Waals surface area contributed by atoms with E-state index in [1.54, 1.807) is 59.8 Å². The molecule has 0 saturated carbocycles. The molecule has 3 rings (SSSR count). The number of rotatable bonds is 6. The molecule has 0 heterocycles. The first-order chi connectivity index (χ1) is 17.8. The smallest absolute Gasteiger partial charge is 0.490 e. The number of hydrogen-bond donors (Lipinski definition) is 0. The number of para-hydroxylation sites is 1. The van der Waals surface area contributed by atoms with Crippen LogP contribution in [0.15, 0.2) is 49.1 Å². The zero-order chi connectivity index (χ0) is 28.5. The number of carbonyl (C=O) groups is 2. The first-order valence-electron chi connectivity index (χ1n) is 13.1. The van der Waals surface area contributed by atoms with Crippen LogP contribution in [0.3, 0.4) is 0 Å². The minimum atomic E-state index is -0.883. The van der Waals surface area contributed by atoms with Crippen LogP contribution in [0.4, 0.5) is 9.59 Å². The SMILES string of the molecule is C=CCOc1ccc2c(c1)CC(c1cccc(OC(=O)OC(C)(C)C)c1OC(=O)OC(C)(C)C)CC2.CC. The van der Waals surface area contributed by atoms with E-state index in [4.69, 9.17) is 23.7 Å². The lowest BCUT2D eigenvalue weighted by molar-refractivity contribution is 0.0135. The molecule has 0 amide bonds. The summed E-state index contributed by atoms with van der Waals surface area (Å²) in [6, 6.07) is 11.3. The molecule has 0 radical (unpaired) electrons. The quantitative estimate of drug-likeness (QED) is 0.213. The number of benzene rings is 2. The number of carbonyl (C=O) groups excluding carboxylic acids is 2. The van der Waals surface area contributed by atoms with E-state index < -0.39 is 23.5 Å². The van der Waals surface area contributed by atoms with Crippen molar-refractivity contribution in [1.29, 1.82) is 0 Å². The van der Waals surface area contributed by atoms with Gasteiger partial charge in [-0.3, -0.25) is 0 Å². The van der Waals surface area contributed by atoms with Crippen molar-refractivity contribution < 1.29 is 33.3 Å². The second-order valence-corrected chi connectivity index (χ2v) is 10.8. The molecule has 2 aromatic rings. The molecule has 0 N–H and O–H groups in total. The number of hydrogen-bond acceptors (Lipinski definition) is 7. The predicted octanol–water partition coefficient (Wildman–Crippen LogP) is 8.18. The lowest BCUT2D eigenvalue weighted by atomic mass is 9.79. The molecule has 0 spiro atoms. The largest absolute Gasteiger partial charge is 0.514 e. The van der Waals surface area contributed by atoms with Crippen molar-refractivity contribution in [1.82, 2.24) is 0 Å². The fourth-order valence-electron chi connectivity index (χ4n) is 4.00. The van der Waals surface area contributed by atoms with Crippen LogP contribution < -0.4 is 14.2 Å². The van der Waals surface area contributed by atoms with Crippen LogP contribution in [0.5, 0.6) is 17.2 Å². The number of fused-ring (bicyclic) bond motifs is 1. The van der Waals surface area contributed by atoms with E-state index >= 15 is 0 Å². The first kappa shape index (κ1) is 30.7. The standard InChI is InChI=1S/C29H36O7.C2H6/c1-8-16-32-22-15-14-19-12-13-20(17-21(19)18-22)23-10-9-11-24(33-26(30)35-28(2,3)4)25(23)34-27(31)36-29(5,6)7;1-2/h8-11,14-15,18,20H,1,12-13,16-17H2,2-7H3;1-2H3. The highest BCUT2D eigenvalue weighted by Gasteiger charge is 2.29. The second kappa shape index (κ2) is 13.4. The molecule has 38 heavy (non-hydrogen) atoms. The van der Waals surface area contributed by atoms with Gasteiger partial charge < -0.3 is 23.7 Å². The minimum absolute atomic E-state index is 0.0202. The fourth-order valence-corrected chi connectivity index (χ4v) is 4.00. The third-order valence-corrected chi connectivity index (χ3v) is 5.38. The van der Waals surface area contributed by atoms with Crippen molar-refractivity contribution in [3.05, 3.63) is 65.7 Å². The van der Waals surface area contributed by atoms with Gasteiger partial charge in [0, 0.05) is 5.56 Å². The molecule has 0 fully saturated rings. The van der Waals surface area contributed by atoms with Crippen molar-refractivity contribution in [2.75, 3.05) is 6.61 Å². The molecule has 7 heteroatoms. The van der Waals surface area contributed by atoms with E-state index in [0.717, 1.165) is 29.7 Å². The molecule has 0 aliphatic heterocycles. The van der Waals surface area contributed by atoms with Gasteiger partial charge in [-0.15, -0.1) is 0 Å². The van der Waals surface area contributed by atoms with E-state index in [1.807, 2.05) is 32.0 Å². The maximum atomic E-state index is 12.6. The Hall–Kier alpha value is -3.48. The third-order valence-electron chi connectivity index (χ3n) is 5.38. The van der Waals surface area contributed by atoms with Crippen molar-refractivity contribution in [2.24, 2.45) is 0 Å². The minimum Gasteiger partial charge on any atom is -0.490 e. The normalized spacial score (nSPS) is 14.7. The van der Waals surface area contributed by atoms with Crippen molar-refractivity contribution in [3.63, 3.8) is 0 Å². The van der Waals surface area contributed by atoms with E-state index in [1.165, 1.54) is 5.56 Å². The Labute approximate surface area is 227 Å². The Morgan fingerprint density at radius 3 is 2.16 bits per heavy atom. The van der Waals surface area contributed by atoms with Crippen molar-refractivity contribution in [2.45, 2.75) is 91.8 Å². The van der Waals surface area contributed by atoms with Gasteiger partial charge in [-0.2, -0.15) is 0 Å². The number of ether oxygens (including phenoxy) is 5. The van der Waals surface area contributed by atoms with E-state index in [9.17, 15) is 9.59 Å². The van der Waals surface area contributed by atoms with Gasteiger partial charge in [-0.25, -0.2) is 9.59 Å². The zero-order valence-electron chi connectivity index (χ0n) is 24.0. The Morgan fingerprint density at radius 1 is 0.921 bits per heavy atom. The molecule has 7 nitrogen and oxygen atoms in total.